The second kappa shape index (κ2) is 8.22. The van der Waals surface area contributed by atoms with E-state index in [9.17, 15) is 19.2 Å². The van der Waals surface area contributed by atoms with Crippen LogP contribution in [0.1, 0.15) is 12.5 Å². The number of hydrogen-bond donors (Lipinski definition) is 0. The van der Waals surface area contributed by atoms with Gasteiger partial charge in [0, 0.05) is 6.54 Å². The van der Waals surface area contributed by atoms with Crippen molar-refractivity contribution in [2.45, 2.75) is 13.5 Å². The molecule has 0 saturated heterocycles. The van der Waals surface area contributed by atoms with Crippen LogP contribution >= 0.6 is 11.3 Å². The molecule has 128 valence electrons. The topological polar surface area (TPSA) is 72.1 Å². The van der Waals surface area contributed by atoms with Crippen molar-refractivity contribution < 1.29 is 13.9 Å². The number of hydrogen-bond acceptors (Lipinski definition) is 5. The Hall–Kier alpha value is -2.98. The second-order valence-corrected chi connectivity index (χ2v) is 5.92. The zero-order valence-corrected chi connectivity index (χ0v) is 14.3. The van der Waals surface area contributed by atoms with Gasteiger partial charge in [-0.3, -0.25) is 9.36 Å². The van der Waals surface area contributed by atoms with Gasteiger partial charge >= 0.3 is 5.97 Å². The quantitative estimate of drug-likeness (QED) is 0.597. The average Bonchev–Trinajstić information content (AvgIpc) is 2.91. The van der Waals surface area contributed by atoms with Crippen LogP contribution in [0.15, 0.2) is 41.7 Å². The van der Waals surface area contributed by atoms with Gasteiger partial charge in [-0.1, -0.05) is 24.8 Å². The highest BCUT2D eigenvalue weighted by atomic mass is 32.1. The molecule has 25 heavy (non-hydrogen) atoms. The molecule has 1 aromatic carbocycles. The van der Waals surface area contributed by atoms with Crippen LogP contribution in [-0.2, 0) is 16.1 Å². The number of ether oxygens (including phenoxy) is 1. The predicted molar refractivity (Wildman–Crippen MR) is 93.6 cm³/mol. The number of thiazole rings is 1. The van der Waals surface area contributed by atoms with Crippen LogP contribution < -0.4 is 14.8 Å². The number of rotatable bonds is 5. The van der Waals surface area contributed by atoms with Gasteiger partial charge in [-0.2, -0.15) is 5.26 Å². The molecular weight excluding hydrogens is 343 g/mol. The molecule has 0 atom stereocenters. The van der Waals surface area contributed by atoms with Gasteiger partial charge in [0.25, 0.3) is 5.56 Å². The highest BCUT2D eigenvalue weighted by molar-refractivity contribution is 7.07. The number of benzene rings is 1. The van der Waals surface area contributed by atoms with Gasteiger partial charge in [0.05, 0.1) is 4.53 Å². The molecular formula is C18H15FN2O3S. The molecule has 0 amide bonds. The minimum absolute atomic E-state index is 0.0275. The molecule has 2 rings (SSSR count). The summed E-state index contributed by atoms with van der Waals surface area (Å²) in [7, 11) is 0. The maximum atomic E-state index is 13.0. The van der Waals surface area contributed by atoms with Crippen LogP contribution in [0.5, 0.6) is 0 Å². The number of carbonyl (C=O) groups excluding carboxylic acids is 1. The molecule has 0 bridgehead atoms. The van der Waals surface area contributed by atoms with Crippen molar-refractivity contribution in [3.8, 4) is 6.07 Å². The van der Waals surface area contributed by atoms with E-state index in [1.165, 1.54) is 34.9 Å². The third-order valence-corrected chi connectivity index (χ3v) is 4.38. The summed E-state index contributed by atoms with van der Waals surface area (Å²) >= 11 is 1.02. The Morgan fingerprint density at radius 1 is 1.44 bits per heavy atom. The Morgan fingerprint density at radius 3 is 2.68 bits per heavy atom. The average molecular weight is 358 g/mol. The van der Waals surface area contributed by atoms with E-state index in [1.54, 1.807) is 13.0 Å². The van der Waals surface area contributed by atoms with E-state index in [2.05, 4.69) is 6.58 Å². The van der Waals surface area contributed by atoms with E-state index in [1.807, 2.05) is 6.07 Å². The molecule has 5 nitrogen and oxygen atoms in total. The maximum Gasteiger partial charge on any atom is 0.352 e. The fourth-order valence-corrected chi connectivity index (χ4v) is 3.24. The molecule has 0 fully saturated rings. The lowest BCUT2D eigenvalue weighted by molar-refractivity contribution is -0.135. The monoisotopic (exact) mass is 358 g/mol. The first-order valence-electron chi connectivity index (χ1n) is 7.41. The lowest BCUT2D eigenvalue weighted by atomic mass is 10.2. The molecule has 7 heteroatoms. The summed E-state index contributed by atoms with van der Waals surface area (Å²) in [5, 5.41) is 9.32. The van der Waals surface area contributed by atoms with Crippen molar-refractivity contribution in [2.24, 2.45) is 0 Å². The van der Waals surface area contributed by atoms with Crippen LogP contribution in [0.25, 0.3) is 11.6 Å². The zero-order chi connectivity index (χ0) is 18.4. The standard InChI is InChI=1S/C18H15FN2O3S/c1-3-9-24-18(23)14(11-20)17-21(4-2)16(22)15(25-17)10-12-5-7-13(19)8-6-12/h3,5-8,10H,1,4,9H2,2H3. The van der Waals surface area contributed by atoms with Crippen LogP contribution in [-0.4, -0.2) is 17.1 Å². The molecule has 0 radical (unpaired) electrons. The SMILES string of the molecule is C=CCOC(=O)C(C#N)=c1sc(=Cc2ccc(F)cc2)c(=O)n1CC. The Morgan fingerprint density at radius 2 is 2.12 bits per heavy atom. The van der Waals surface area contributed by atoms with Crippen molar-refractivity contribution in [3.05, 3.63) is 67.9 Å². The van der Waals surface area contributed by atoms with Crippen molar-refractivity contribution in [1.82, 2.24) is 4.57 Å². The number of nitriles is 1. The lowest BCUT2D eigenvalue weighted by Gasteiger charge is -2.00. The van der Waals surface area contributed by atoms with Gasteiger partial charge in [0.15, 0.2) is 5.57 Å². The molecule has 0 N–H and O–H groups in total. The number of aromatic nitrogens is 1. The van der Waals surface area contributed by atoms with Crippen LogP contribution in [0.2, 0.25) is 0 Å². The molecule has 1 heterocycles. The summed E-state index contributed by atoms with van der Waals surface area (Å²) in [6, 6.07) is 7.47. The van der Waals surface area contributed by atoms with E-state index in [0.717, 1.165) is 11.3 Å². The summed E-state index contributed by atoms with van der Waals surface area (Å²) in [5.74, 6) is -1.18. The molecule has 0 saturated carbocycles. The highest BCUT2D eigenvalue weighted by Gasteiger charge is 2.16. The molecule has 0 spiro atoms. The van der Waals surface area contributed by atoms with Gasteiger partial charge in [-0.05, 0) is 30.7 Å². The molecule has 0 aliphatic heterocycles. The van der Waals surface area contributed by atoms with Gasteiger partial charge < -0.3 is 4.74 Å². The number of nitrogens with zero attached hydrogens (tertiary/aromatic N) is 2. The van der Waals surface area contributed by atoms with Crippen molar-refractivity contribution in [1.29, 1.82) is 5.26 Å². The fourth-order valence-electron chi connectivity index (χ4n) is 2.09. The Balaban J connectivity index is 2.68. The fraction of sp³-hybridized carbons (Fsp3) is 0.167. The van der Waals surface area contributed by atoms with E-state index in [-0.39, 0.29) is 28.2 Å². The Kier molecular flexibility index (Phi) is 6.03. The summed E-state index contributed by atoms with van der Waals surface area (Å²) in [6.45, 7) is 5.45. The minimum atomic E-state index is -0.806. The molecule has 1 aromatic heterocycles. The van der Waals surface area contributed by atoms with Crippen molar-refractivity contribution in [3.63, 3.8) is 0 Å². The predicted octanol–water partition coefficient (Wildman–Crippen LogP) is 1.30. The van der Waals surface area contributed by atoms with E-state index in [4.69, 9.17) is 4.74 Å². The minimum Gasteiger partial charge on any atom is -0.457 e. The molecule has 0 aliphatic carbocycles. The third kappa shape index (κ3) is 4.11. The van der Waals surface area contributed by atoms with Crippen LogP contribution in [0.4, 0.5) is 4.39 Å². The number of esters is 1. The maximum absolute atomic E-state index is 13.0. The highest BCUT2D eigenvalue weighted by Crippen LogP contribution is 2.03. The summed E-state index contributed by atoms with van der Waals surface area (Å²) in [6.07, 6.45) is 2.98. The molecule has 2 aromatic rings. The van der Waals surface area contributed by atoms with Crippen molar-refractivity contribution >= 4 is 29.0 Å². The van der Waals surface area contributed by atoms with Gasteiger partial charge in [-0.15, -0.1) is 11.3 Å². The second-order valence-electron chi connectivity index (χ2n) is 4.89. The smallest absolute Gasteiger partial charge is 0.352 e. The molecule has 0 unspecified atom stereocenters. The number of carbonyl (C=O) groups is 1. The Labute approximate surface area is 147 Å². The Bertz CT molecular complexity index is 1010. The van der Waals surface area contributed by atoms with E-state index in [0.29, 0.717) is 16.6 Å². The van der Waals surface area contributed by atoms with Gasteiger partial charge in [0.2, 0.25) is 0 Å². The first-order valence-corrected chi connectivity index (χ1v) is 8.22. The van der Waals surface area contributed by atoms with Gasteiger partial charge in [0.1, 0.15) is 23.2 Å². The number of halogens is 1. The van der Waals surface area contributed by atoms with Crippen molar-refractivity contribution in [2.75, 3.05) is 6.61 Å². The summed E-state index contributed by atoms with van der Waals surface area (Å²) < 4.78 is 19.8. The first kappa shape index (κ1) is 18.4. The largest absolute Gasteiger partial charge is 0.457 e. The third-order valence-electron chi connectivity index (χ3n) is 3.25. The first-order chi connectivity index (χ1) is 12.0. The van der Waals surface area contributed by atoms with Crippen LogP contribution in [0, 0.1) is 17.1 Å². The molecule has 0 aliphatic rings. The van der Waals surface area contributed by atoms with Gasteiger partial charge in [-0.25, -0.2) is 9.18 Å². The van der Waals surface area contributed by atoms with E-state index >= 15 is 0 Å². The zero-order valence-electron chi connectivity index (χ0n) is 13.5. The normalized spacial score (nSPS) is 12.4. The summed E-state index contributed by atoms with van der Waals surface area (Å²) in [5.41, 5.74) is 0.0861. The summed E-state index contributed by atoms with van der Waals surface area (Å²) in [4.78, 5) is 24.6. The van der Waals surface area contributed by atoms with E-state index < -0.39 is 5.97 Å². The van der Waals surface area contributed by atoms with Crippen LogP contribution in [0.3, 0.4) is 0 Å². The lowest BCUT2D eigenvalue weighted by Crippen LogP contribution is -2.32.